The summed E-state index contributed by atoms with van der Waals surface area (Å²) in [6.45, 7) is 3.60. The Bertz CT molecular complexity index is 599. The number of piperidine rings is 1. The minimum atomic E-state index is -3.30. The van der Waals surface area contributed by atoms with Crippen LogP contribution >= 0.6 is 12.4 Å². The fourth-order valence-corrected chi connectivity index (χ4v) is 3.57. The van der Waals surface area contributed by atoms with Gasteiger partial charge >= 0.3 is 0 Å². The van der Waals surface area contributed by atoms with Gasteiger partial charge in [-0.25, -0.2) is 8.42 Å². The maximum Gasteiger partial charge on any atom is 0.251 e. The molecule has 1 aliphatic heterocycles. The van der Waals surface area contributed by atoms with Gasteiger partial charge in [-0.2, -0.15) is 0 Å². The number of hydrogen-bond donors (Lipinski definition) is 3. The van der Waals surface area contributed by atoms with Crippen LogP contribution in [0.3, 0.4) is 0 Å². The molecule has 1 heterocycles. The van der Waals surface area contributed by atoms with E-state index in [2.05, 4.69) is 15.4 Å². The lowest BCUT2D eigenvalue weighted by Crippen LogP contribution is -2.45. The Morgan fingerprint density at radius 1 is 1.30 bits per heavy atom. The average Bonchev–Trinajstić information content (AvgIpc) is 2.48. The van der Waals surface area contributed by atoms with E-state index in [1.54, 1.807) is 24.3 Å². The highest BCUT2D eigenvalue weighted by molar-refractivity contribution is 7.92. The van der Waals surface area contributed by atoms with Crippen LogP contribution in [-0.2, 0) is 10.0 Å². The van der Waals surface area contributed by atoms with Crippen molar-refractivity contribution in [3.63, 3.8) is 0 Å². The molecule has 1 fully saturated rings. The van der Waals surface area contributed by atoms with Crippen molar-refractivity contribution < 1.29 is 13.2 Å². The summed E-state index contributed by atoms with van der Waals surface area (Å²) in [5, 5.41) is 6.23. The monoisotopic (exact) mass is 361 g/mol. The van der Waals surface area contributed by atoms with Crippen LogP contribution in [0.25, 0.3) is 0 Å². The molecule has 1 amide bonds. The van der Waals surface area contributed by atoms with Gasteiger partial charge in [-0.3, -0.25) is 9.52 Å². The molecule has 0 saturated carbocycles. The Morgan fingerprint density at radius 2 is 2.00 bits per heavy atom. The van der Waals surface area contributed by atoms with Crippen molar-refractivity contribution in [2.24, 2.45) is 0 Å². The third-order valence-corrected chi connectivity index (χ3v) is 5.02. The van der Waals surface area contributed by atoms with Crippen LogP contribution in [0.2, 0.25) is 0 Å². The van der Waals surface area contributed by atoms with E-state index >= 15 is 0 Å². The Kier molecular flexibility index (Phi) is 7.81. The van der Waals surface area contributed by atoms with Crippen molar-refractivity contribution in [3.8, 4) is 0 Å². The molecular formula is C15H24ClN3O3S. The fraction of sp³-hybridized carbons (Fsp3) is 0.533. The van der Waals surface area contributed by atoms with Crippen LogP contribution in [-0.4, -0.2) is 39.2 Å². The van der Waals surface area contributed by atoms with E-state index in [9.17, 15) is 13.2 Å². The zero-order chi connectivity index (χ0) is 16.0. The fourth-order valence-electron chi connectivity index (χ4n) is 2.43. The Balaban J connectivity index is 0.00000264. The van der Waals surface area contributed by atoms with E-state index in [1.807, 2.05) is 6.92 Å². The van der Waals surface area contributed by atoms with Crippen LogP contribution < -0.4 is 15.4 Å². The Hall–Kier alpha value is -1.31. The Labute approximate surface area is 143 Å². The van der Waals surface area contributed by atoms with Crippen LogP contribution in [0.15, 0.2) is 24.3 Å². The lowest BCUT2D eigenvalue weighted by Gasteiger charge is -2.23. The lowest BCUT2D eigenvalue weighted by atomic mass is 10.1. The second-order valence-corrected chi connectivity index (χ2v) is 7.36. The van der Waals surface area contributed by atoms with Crippen molar-refractivity contribution in [2.45, 2.75) is 32.2 Å². The molecule has 0 aromatic heterocycles. The van der Waals surface area contributed by atoms with E-state index in [-0.39, 0.29) is 30.1 Å². The van der Waals surface area contributed by atoms with Gasteiger partial charge in [0.1, 0.15) is 0 Å². The largest absolute Gasteiger partial charge is 0.348 e. The van der Waals surface area contributed by atoms with E-state index in [4.69, 9.17) is 0 Å². The van der Waals surface area contributed by atoms with Crippen molar-refractivity contribution in [3.05, 3.63) is 29.8 Å². The minimum Gasteiger partial charge on any atom is -0.348 e. The molecule has 0 bridgehead atoms. The van der Waals surface area contributed by atoms with Crippen molar-refractivity contribution >= 4 is 34.0 Å². The first-order chi connectivity index (χ1) is 10.5. The average molecular weight is 362 g/mol. The summed E-state index contributed by atoms with van der Waals surface area (Å²) in [7, 11) is -3.30. The molecule has 1 unspecified atom stereocenters. The van der Waals surface area contributed by atoms with Gasteiger partial charge in [-0.05, 0) is 50.1 Å². The number of sulfonamides is 1. The number of hydrogen-bond acceptors (Lipinski definition) is 4. The molecule has 3 N–H and O–H groups in total. The molecule has 0 spiro atoms. The lowest BCUT2D eigenvalue weighted by molar-refractivity contribution is 0.0930. The van der Waals surface area contributed by atoms with Gasteiger partial charge in [0.25, 0.3) is 5.91 Å². The molecule has 6 nitrogen and oxygen atoms in total. The second-order valence-electron chi connectivity index (χ2n) is 5.52. The third kappa shape index (κ3) is 6.37. The first-order valence-electron chi connectivity index (χ1n) is 7.62. The van der Waals surface area contributed by atoms with E-state index < -0.39 is 10.0 Å². The summed E-state index contributed by atoms with van der Waals surface area (Å²) in [6.07, 6.45) is 2.60. The summed E-state index contributed by atoms with van der Waals surface area (Å²) in [4.78, 5) is 12.1. The number of halogens is 1. The molecule has 1 aliphatic rings. The van der Waals surface area contributed by atoms with Gasteiger partial charge in [0.15, 0.2) is 0 Å². The quantitative estimate of drug-likeness (QED) is 0.720. The minimum absolute atomic E-state index is 0. The van der Waals surface area contributed by atoms with Gasteiger partial charge in [0.05, 0.1) is 5.75 Å². The van der Waals surface area contributed by atoms with Crippen LogP contribution in [0, 0.1) is 0 Å². The summed E-state index contributed by atoms with van der Waals surface area (Å²) in [6, 6.07) is 6.65. The number of carbonyl (C=O) groups excluding carboxylic acids is 1. The first-order valence-corrected chi connectivity index (χ1v) is 9.27. The number of anilines is 1. The molecule has 8 heteroatoms. The highest BCUT2D eigenvalue weighted by atomic mass is 35.5. The predicted molar refractivity (Wildman–Crippen MR) is 94.7 cm³/mol. The number of carbonyl (C=O) groups is 1. The summed E-state index contributed by atoms with van der Waals surface area (Å²) < 4.78 is 25.9. The second kappa shape index (κ2) is 9.10. The first kappa shape index (κ1) is 19.7. The molecule has 0 radical (unpaired) electrons. The van der Waals surface area contributed by atoms with Gasteiger partial charge < -0.3 is 10.6 Å². The molecular weight excluding hydrogens is 338 g/mol. The smallest absolute Gasteiger partial charge is 0.251 e. The van der Waals surface area contributed by atoms with Crippen molar-refractivity contribution in [1.82, 2.24) is 10.6 Å². The zero-order valence-electron chi connectivity index (χ0n) is 13.2. The molecule has 23 heavy (non-hydrogen) atoms. The van der Waals surface area contributed by atoms with E-state index in [0.29, 0.717) is 17.7 Å². The van der Waals surface area contributed by atoms with Crippen molar-refractivity contribution in [1.29, 1.82) is 0 Å². The molecule has 1 saturated heterocycles. The topological polar surface area (TPSA) is 87.3 Å². The third-order valence-electron chi connectivity index (χ3n) is 3.53. The molecule has 1 aromatic carbocycles. The molecule has 130 valence electrons. The van der Waals surface area contributed by atoms with Crippen LogP contribution in [0.1, 0.15) is 36.5 Å². The summed E-state index contributed by atoms with van der Waals surface area (Å²) in [5.74, 6) is -0.0409. The van der Waals surface area contributed by atoms with E-state index in [1.165, 1.54) is 0 Å². The van der Waals surface area contributed by atoms with Gasteiger partial charge in [-0.1, -0.05) is 6.92 Å². The standard InChI is InChI=1S/C15H23N3O3S.ClH/c1-2-10-22(20,21)18-13-7-5-12(6-8-13)15(19)17-14-4-3-9-16-11-14;/h5-8,14,16,18H,2-4,9-11H2,1H3,(H,17,19);1H. The number of benzene rings is 1. The highest BCUT2D eigenvalue weighted by Gasteiger charge is 2.16. The summed E-state index contributed by atoms with van der Waals surface area (Å²) >= 11 is 0. The van der Waals surface area contributed by atoms with Crippen molar-refractivity contribution in [2.75, 3.05) is 23.6 Å². The predicted octanol–water partition coefficient (Wildman–Crippen LogP) is 1.74. The molecule has 1 atom stereocenters. The van der Waals surface area contributed by atoms with Gasteiger partial charge in [0.2, 0.25) is 10.0 Å². The maximum atomic E-state index is 12.1. The molecule has 1 aromatic rings. The number of rotatable bonds is 6. The highest BCUT2D eigenvalue weighted by Crippen LogP contribution is 2.12. The Morgan fingerprint density at radius 3 is 2.57 bits per heavy atom. The zero-order valence-corrected chi connectivity index (χ0v) is 14.8. The number of amides is 1. The SMILES string of the molecule is CCCS(=O)(=O)Nc1ccc(C(=O)NC2CCCNC2)cc1.Cl. The normalized spacial score (nSPS) is 17.9. The van der Waals surface area contributed by atoms with E-state index in [0.717, 1.165) is 25.9 Å². The van der Waals surface area contributed by atoms with Gasteiger partial charge in [-0.15, -0.1) is 12.4 Å². The number of nitrogens with one attached hydrogen (secondary N) is 3. The van der Waals surface area contributed by atoms with Gasteiger partial charge in [0, 0.05) is 23.8 Å². The molecule has 2 rings (SSSR count). The van der Waals surface area contributed by atoms with Crippen LogP contribution in [0.5, 0.6) is 0 Å². The van der Waals surface area contributed by atoms with Crippen LogP contribution in [0.4, 0.5) is 5.69 Å². The molecule has 0 aliphatic carbocycles. The summed E-state index contributed by atoms with van der Waals surface area (Å²) in [5.41, 5.74) is 1.01. The maximum absolute atomic E-state index is 12.1.